The number of fused-ring (bicyclic) bond motifs is 1. The molecule has 8 nitrogen and oxygen atoms in total. The van der Waals surface area contributed by atoms with Crippen molar-refractivity contribution >= 4 is 17.3 Å². The molecule has 0 aliphatic rings. The molecule has 5 rings (SSSR count). The molecule has 3 heterocycles. The Morgan fingerprint density at radius 1 is 0.939 bits per heavy atom. The summed E-state index contributed by atoms with van der Waals surface area (Å²) in [6, 6.07) is 17.8. The zero-order valence-electron chi connectivity index (χ0n) is 17.4. The van der Waals surface area contributed by atoms with Gasteiger partial charge in [-0.3, -0.25) is 14.5 Å². The Morgan fingerprint density at radius 3 is 2.30 bits per heavy atom. The number of nitrogen functional groups attached to an aromatic ring is 1. The molecule has 0 fully saturated rings. The molecule has 162 valence electrons. The van der Waals surface area contributed by atoms with E-state index in [9.17, 15) is 14.5 Å². The second kappa shape index (κ2) is 7.79. The van der Waals surface area contributed by atoms with Crippen molar-refractivity contribution in [1.29, 1.82) is 0 Å². The fraction of sp³-hybridized carbons (Fsp3) is 0.0417. The van der Waals surface area contributed by atoms with Crippen molar-refractivity contribution in [3.05, 3.63) is 94.4 Å². The second-order valence-corrected chi connectivity index (χ2v) is 7.50. The van der Waals surface area contributed by atoms with Crippen LogP contribution in [0.25, 0.3) is 39.5 Å². The van der Waals surface area contributed by atoms with Gasteiger partial charge in [0.05, 0.1) is 27.7 Å². The third-order valence-electron chi connectivity index (χ3n) is 5.32. The van der Waals surface area contributed by atoms with Gasteiger partial charge in [0.15, 0.2) is 0 Å². The van der Waals surface area contributed by atoms with E-state index in [4.69, 9.17) is 10.7 Å². The van der Waals surface area contributed by atoms with E-state index < -0.39 is 4.92 Å². The minimum atomic E-state index is -0.459. The number of aromatic nitrogens is 4. The summed E-state index contributed by atoms with van der Waals surface area (Å²) in [5.74, 6) is -0.291. The first-order valence-corrected chi connectivity index (χ1v) is 10.0. The molecule has 0 radical (unpaired) electrons. The van der Waals surface area contributed by atoms with E-state index in [0.717, 1.165) is 16.8 Å². The zero-order valence-corrected chi connectivity index (χ0v) is 17.4. The Labute approximate surface area is 187 Å². The van der Waals surface area contributed by atoms with Crippen molar-refractivity contribution in [3.8, 4) is 33.9 Å². The molecule has 0 amide bonds. The number of halogens is 1. The first-order chi connectivity index (χ1) is 15.9. The third-order valence-corrected chi connectivity index (χ3v) is 5.32. The number of imidazole rings is 1. The average Bonchev–Trinajstić information content (AvgIpc) is 3.20. The standard InChI is InChI=1S/C24H17FN6O2/c1-14-3-2-12-30-22(21(29-23(14)30)16-4-8-17(25)9-5-16)20-13-19(27-24(26)28-20)15-6-10-18(11-7-15)31(32)33/h2-13H,1H3,(H2,26,27,28). The van der Waals surface area contributed by atoms with Crippen molar-refractivity contribution in [2.45, 2.75) is 6.92 Å². The minimum Gasteiger partial charge on any atom is -0.368 e. The van der Waals surface area contributed by atoms with Crippen LogP contribution in [-0.2, 0) is 0 Å². The smallest absolute Gasteiger partial charge is 0.269 e. The Morgan fingerprint density at radius 2 is 1.61 bits per heavy atom. The Bertz CT molecular complexity index is 1510. The van der Waals surface area contributed by atoms with Gasteiger partial charge in [0, 0.05) is 29.5 Å². The van der Waals surface area contributed by atoms with Crippen LogP contribution in [0.4, 0.5) is 16.0 Å². The number of nitrogens with zero attached hydrogens (tertiary/aromatic N) is 5. The number of nitro groups is 1. The highest BCUT2D eigenvalue weighted by atomic mass is 19.1. The number of hydrogen-bond donors (Lipinski definition) is 1. The molecule has 0 atom stereocenters. The van der Waals surface area contributed by atoms with E-state index in [1.54, 1.807) is 30.3 Å². The Kier molecular flexibility index (Phi) is 4.78. The maximum Gasteiger partial charge on any atom is 0.269 e. The van der Waals surface area contributed by atoms with E-state index >= 15 is 0 Å². The van der Waals surface area contributed by atoms with Crippen molar-refractivity contribution in [1.82, 2.24) is 19.4 Å². The lowest BCUT2D eigenvalue weighted by Crippen LogP contribution is -2.01. The first kappa shape index (κ1) is 20.3. The zero-order chi connectivity index (χ0) is 23.1. The van der Waals surface area contributed by atoms with Crippen molar-refractivity contribution in [2.75, 3.05) is 5.73 Å². The molecule has 0 unspecified atom stereocenters. The summed E-state index contributed by atoms with van der Waals surface area (Å²) in [6.07, 6.45) is 1.88. The van der Waals surface area contributed by atoms with E-state index in [2.05, 4.69) is 9.97 Å². The number of benzene rings is 2. The molecule has 0 bridgehead atoms. The summed E-state index contributed by atoms with van der Waals surface area (Å²) in [6.45, 7) is 1.96. The third kappa shape index (κ3) is 3.65. The minimum absolute atomic E-state index is 0.0168. The number of aryl methyl sites for hydroxylation is 1. The van der Waals surface area contributed by atoms with Crippen LogP contribution in [0.2, 0.25) is 0 Å². The van der Waals surface area contributed by atoms with E-state index in [-0.39, 0.29) is 17.5 Å². The van der Waals surface area contributed by atoms with Crippen LogP contribution in [0.15, 0.2) is 72.9 Å². The predicted octanol–water partition coefficient (Wildman–Crippen LogP) is 5.06. The summed E-state index contributed by atoms with van der Waals surface area (Å²) in [5.41, 5.74) is 11.5. The highest BCUT2D eigenvalue weighted by Crippen LogP contribution is 2.34. The molecular formula is C24H17FN6O2. The number of pyridine rings is 1. The molecule has 5 aromatic rings. The van der Waals surface area contributed by atoms with Crippen LogP contribution in [0, 0.1) is 22.9 Å². The molecule has 3 aromatic heterocycles. The number of nitro benzene ring substituents is 1. The van der Waals surface area contributed by atoms with Crippen LogP contribution in [-0.4, -0.2) is 24.3 Å². The molecule has 0 saturated heterocycles. The molecule has 0 aliphatic heterocycles. The summed E-state index contributed by atoms with van der Waals surface area (Å²) in [5, 5.41) is 11.0. The first-order valence-electron chi connectivity index (χ1n) is 10.0. The fourth-order valence-corrected chi connectivity index (χ4v) is 3.75. The van der Waals surface area contributed by atoms with Gasteiger partial charge in [0.25, 0.3) is 5.69 Å². The molecular weight excluding hydrogens is 423 g/mol. The molecule has 2 aromatic carbocycles. The monoisotopic (exact) mass is 440 g/mol. The molecule has 0 saturated carbocycles. The topological polar surface area (TPSA) is 112 Å². The predicted molar refractivity (Wildman–Crippen MR) is 123 cm³/mol. The second-order valence-electron chi connectivity index (χ2n) is 7.50. The van der Waals surface area contributed by atoms with E-state index in [1.165, 1.54) is 24.3 Å². The number of hydrogen-bond acceptors (Lipinski definition) is 6. The van der Waals surface area contributed by atoms with E-state index in [0.29, 0.717) is 28.3 Å². The average molecular weight is 440 g/mol. The summed E-state index contributed by atoms with van der Waals surface area (Å²) in [4.78, 5) is 24.1. The van der Waals surface area contributed by atoms with E-state index in [1.807, 2.05) is 29.7 Å². The lowest BCUT2D eigenvalue weighted by Gasteiger charge is -2.09. The SMILES string of the molecule is Cc1cccn2c(-c3cc(-c4ccc([N+](=O)[O-])cc4)nc(N)n3)c(-c3ccc(F)cc3)nc12. The van der Waals surface area contributed by atoms with Gasteiger partial charge in [0.1, 0.15) is 11.5 Å². The molecule has 0 spiro atoms. The van der Waals surface area contributed by atoms with Gasteiger partial charge in [-0.05, 0) is 61.0 Å². The maximum atomic E-state index is 13.6. The number of rotatable bonds is 4. The van der Waals surface area contributed by atoms with Crippen molar-refractivity contribution in [3.63, 3.8) is 0 Å². The van der Waals surface area contributed by atoms with Crippen LogP contribution < -0.4 is 5.73 Å². The maximum absolute atomic E-state index is 13.6. The Hall–Kier alpha value is -4.66. The molecule has 0 aliphatic carbocycles. The summed E-state index contributed by atoms with van der Waals surface area (Å²) < 4.78 is 15.5. The summed E-state index contributed by atoms with van der Waals surface area (Å²) >= 11 is 0. The largest absolute Gasteiger partial charge is 0.368 e. The van der Waals surface area contributed by atoms with Crippen molar-refractivity contribution < 1.29 is 9.31 Å². The number of anilines is 1. The van der Waals surface area contributed by atoms with Gasteiger partial charge in [-0.25, -0.2) is 19.3 Å². The van der Waals surface area contributed by atoms with Gasteiger partial charge in [-0.2, -0.15) is 0 Å². The van der Waals surface area contributed by atoms with Crippen LogP contribution in [0.1, 0.15) is 5.56 Å². The van der Waals surface area contributed by atoms with Crippen LogP contribution in [0.3, 0.4) is 0 Å². The van der Waals surface area contributed by atoms with Gasteiger partial charge in [-0.15, -0.1) is 0 Å². The van der Waals surface area contributed by atoms with Gasteiger partial charge in [0.2, 0.25) is 5.95 Å². The highest BCUT2D eigenvalue weighted by molar-refractivity contribution is 5.83. The lowest BCUT2D eigenvalue weighted by atomic mass is 10.1. The Balaban J connectivity index is 1.74. The van der Waals surface area contributed by atoms with Crippen molar-refractivity contribution in [2.24, 2.45) is 0 Å². The number of nitrogens with two attached hydrogens (primary N) is 1. The normalized spacial score (nSPS) is 11.1. The highest BCUT2D eigenvalue weighted by Gasteiger charge is 2.20. The van der Waals surface area contributed by atoms with Gasteiger partial charge in [-0.1, -0.05) is 6.07 Å². The number of non-ortho nitro benzene ring substituents is 1. The molecule has 33 heavy (non-hydrogen) atoms. The quantitative estimate of drug-likeness (QED) is 0.309. The molecule has 2 N–H and O–H groups in total. The molecule has 9 heteroatoms. The van der Waals surface area contributed by atoms with Gasteiger partial charge < -0.3 is 5.73 Å². The fourth-order valence-electron chi connectivity index (χ4n) is 3.75. The van der Waals surface area contributed by atoms with Gasteiger partial charge >= 0.3 is 0 Å². The van der Waals surface area contributed by atoms with Crippen LogP contribution in [0.5, 0.6) is 0 Å². The lowest BCUT2D eigenvalue weighted by molar-refractivity contribution is -0.384. The summed E-state index contributed by atoms with van der Waals surface area (Å²) in [7, 11) is 0. The van der Waals surface area contributed by atoms with Crippen LogP contribution >= 0.6 is 0 Å².